The van der Waals surface area contributed by atoms with Gasteiger partial charge in [0.15, 0.2) is 0 Å². The van der Waals surface area contributed by atoms with Gasteiger partial charge in [0, 0.05) is 19.0 Å². The van der Waals surface area contributed by atoms with Crippen LogP contribution in [-0.4, -0.2) is 20.6 Å². The highest BCUT2D eigenvalue weighted by atomic mass is 19.1. The third kappa shape index (κ3) is 3.93. The van der Waals surface area contributed by atoms with Gasteiger partial charge in [-0.1, -0.05) is 42.5 Å². The summed E-state index contributed by atoms with van der Waals surface area (Å²) in [5, 5.41) is 12.4. The molecule has 0 aliphatic carbocycles. The second-order valence-corrected chi connectivity index (χ2v) is 6.93. The van der Waals surface area contributed by atoms with Crippen molar-refractivity contribution in [1.29, 1.82) is 0 Å². The second-order valence-electron chi connectivity index (χ2n) is 6.93. The van der Waals surface area contributed by atoms with Crippen LogP contribution in [0.5, 0.6) is 5.75 Å². The number of nitrogens with one attached hydrogen (secondary N) is 1. The number of rotatable bonds is 5. The van der Waals surface area contributed by atoms with E-state index in [2.05, 4.69) is 10.3 Å². The number of hydrogen-bond donors (Lipinski definition) is 2. The van der Waals surface area contributed by atoms with Crippen molar-refractivity contribution in [3.63, 3.8) is 0 Å². The Kier molecular flexibility index (Phi) is 5.30. The predicted octanol–water partition coefficient (Wildman–Crippen LogP) is 4.77. The number of nitrogens with zero attached hydrogens (tertiary/aromatic N) is 2. The molecule has 0 saturated carbocycles. The van der Waals surface area contributed by atoms with Gasteiger partial charge in [-0.2, -0.15) is 0 Å². The lowest BCUT2D eigenvalue weighted by Crippen LogP contribution is -2.16. The van der Waals surface area contributed by atoms with E-state index in [0.717, 1.165) is 22.5 Å². The van der Waals surface area contributed by atoms with Crippen LogP contribution in [0.15, 0.2) is 78.9 Å². The molecule has 4 rings (SSSR count). The zero-order chi connectivity index (χ0) is 21.1. The third-order valence-corrected chi connectivity index (χ3v) is 4.87. The number of benzene rings is 3. The monoisotopic (exact) mass is 401 g/mol. The van der Waals surface area contributed by atoms with Crippen LogP contribution in [-0.2, 0) is 13.5 Å². The van der Waals surface area contributed by atoms with Gasteiger partial charge in [-0.05, 0) is 42.0 Å². The Hall–Kier alpha value is -3.93. The van der Waals surface area contributed by atoms with Gasteiger partial charge in [0.1, 0.15) is 11.6 Å². The van der Waals surface area contributed by atoms with Crippen LogP contribution >= 0.6 is 0 Å². The minimum atomic E-state index is -0.590. The number of imidazole rings is 1. The zero-order valence-electron chi connectivity index (χ0n) is 16.3. The van der Waals surface area contributed by atoms with Crippen LogP contribution in [0.25, 0.3) is 11.3 Å². The quantitative estimate of drug-likeness (QED) is 0.506. The molecule has 0 atom stereocenters. The molecule has 2 N–H and O–H groups in total. The van der Waals surface area contributed by atoms with E-state index in [9.17, 15) is 14.3 Å². The number of amides is 1. The molecule has 1 aromatic heterocycles. The fourth-order valence-electron chi connectivity index (χ4n) is 3.37. The maximum absolute atomic E-state index is 14.0. The number of carbonyl (C=O) groups excluding carboxylic acids is 1. The standard InChI is InChI=1S/C24H20FN3O2/c1-28-22(17-11-13-18(29)14-12-17)21(15-16-7-3-2-4-8-16)26-24(28)27-23(30)19-9-5-6-10-20(19)25/h2-14,29H,15H2,1H3,(H,26,27,30). The molecule has 0 aliphatic heterocycles. The number of phenolic OH excluding ortho intramolecular Hbond substituents is 1. The number of aromatic nitrogens is 2. The molecule has 0 saturated heterocycles. The maximum Gasteiger partial charge on any atom is 0.260 e. The molecular weight excluding hydrogens is 381 g/mol. The lowest BCUT2D eigenvalue weighted by atomic mass is 10.0. The molecule has 1 amide bonds. The number of anilines is 1. The Morgan fingerprint density at radius 1 is 1.00 bits per heavy atom. The predicted molar refractivity (Wildman–Crippen MR) is 114 cm³/mol. The molecule has 0 radical (unpaired) electrons. The first kappa shape index (κ1) is 19.4. The minimum Gasteiger partial charge on any atom is -0.508 e. The second kappa shape index (κ2) is 8.21. The van der Waals surface area contributed by atoms with Crippen molar-refractivity contribution in [2.45, 2.75) is 6.42 Å². The molecule has 3 aromatic carbocycles. The summed E-state index contributed by atoms with van der Waals surface area (Å²) in [5.41, 5.74) is 3.44. The molecule has 0 unspecified atom stereocenters. The van der Waals surface area contributed by atoms with E-state index in [4.69, 9.17) is 0 Å². The highest BCUT2D eigenvalue weighted by molar-refractivity contribution is 6.03. The third-order valence-electron chi connectivity index (χ3n) is 4.87. The summed E-state index contributed by atoms with van der Waals surface area (Å²) in [6.45, 7) is 0. The molecule has 4 aromatic rings. The highest BCUT2D eigenvalue weighted by Crippen LogP contribution is 2.30. The number of phenols is 1. The van der Waals surface area contributed by atoms with Gasteiger partial charge in [-0.15, -0.1) is 0 Å². The smallest absolute Gasteiger partial charge is 0.260 e. The minimum absolute atomic E-state index is 0.0451. The summed E-state index contributed by atoms with van der Waals surface area (Å²) < 4.78 is 15.8. The largest absolute Gasteiger partial charge is 0.508 e. The lowest BCUT2D eigenvalue weighted by molar-refractivity contribution is 0.102. The number of aromatic hydroxyl groups is 1. The van der Waals surface area contributed by atoms with Gasteiger partial charge < -0.3 is 9.67 Å². The lowest BCUT2D eigenvalue weighted by Gasteiger charge is -2.09. The van der Waals surface area contributed by atoms with Gasteiger partial charge in [0.25, 0.3) is 5.91 Å². The van der Waals surface area contributed by atoms with Gasteiger partial charge in [0.05, 0.1) is 17.0 Å². The van der Waals surface area contributed by atoms with Crippen LogP contribution in [0.3, 0.4) is 0 Å². The Labute approximate surface area is 173 Å². The highest BCUT2D eigenvalue weighted by Gasteiger charge is 2.20. The Bertz CT molecular complexity index is 1190. The molecule has 150 valence electrons. The van der Waals surface area contributed by atoms with E-state index < -0.39 is 11.7 Å². The first-order valence-corrected chi connectivity index (χ1v) is 9.47. The average molecular weight is 401 g/mol. The first-order chi connectivity index (χ1) is 14.5. The summed E-state index contributed by atoms with van der Waals surface area (Å²) in [6, 6.07) is 22.5. The van der Waals surface area contributed by atoms with Crippen LogP contribution in [0, 0.1) is 5.82 Å². The van der Waals surface area contributed by atoms with Crippen LogP contribution in [0.2, 0.25) is 0 Å². The van der Waals surface area contributed by atoms with Crippen molar-refractivity contribution in [3.8, 4) is 17.0 Å². The van der Waals surface area contributed by atoms with Gasteiger partial charge >= 0.3 is 0 Å². The SMILES string of the molecule is Cn1c(NC(=O)c2ccccc2F)nc(Cc2ccccc2)c1-c1ccc(O)cc1. The van der Waals surface area contributed by atoms with E-state index in [0.29, 0.717) is 12.4 Å². The molecule has 1 heterocycles. The summed E-state index contributed by atoms with van der Waals surface area (Å²) in [4.78, 5) is 17.3. The van der Waals surface area contributed by atoms with Crippen molar-refractivity contribution in [3.05, 3.63) is 102 Å². The Morgan fingerprint density at radius 2 is 1.67 bits per heavy atom. The molecule has 5 nitrogen and oxygen atoms in total. The Balaban J connectivity index is 1.74. The molecule has 0 spiro atoms. The van der Waals surface area contributed by atoms with Gasteiger partial charge in [-0.3, -0.25) is 10.1 Å². The number of hydrogen-bond acceptors (Lipinski definition) is 3. The van der Waals surface area contributed by atoms with Crippen molar-refractivity contribution in [1.82, 2.24) is 9.55 Å². The van der Waals surface area contributed by atoms with Crippen LogP contribution in [0.1, 0.15) is 21.6 Å². The fourth-order valence-corrected chi connectivity index (χ4v) is 3.37. The molecular formula is C24H20FN3O2. The number of halogens is 1. The summed E-state index contributed by atoms with van der Waals surface area (Å²) in [5.74, 6) is -0.673. The summed E-state index contributed by atoms with van der Waals surface area (Å²) >= 11 is 0. The Morgan fingerprint density at radius 3 is 2.37 bits per heavy atom. The summed E-state index contributed by atoms with van der Waals surface area (Å²) in [7, 11) is 1.79. The van der Waals surface area contributed by atoms with Gasteiger partial charge in [0.2, 0.25) is 5.95 Å². The normalized spacial score (nSPS) is 10.7. The van der Waals surface area contributed by atoms with E-state index in [1.165, 1.54) is 18.2 Å². The van der Waals surface area contributed by atoms with E-state index >= 15 is 0 Å². The van der Waals surface area contributed by atoms with Crippen molar-refractivity contribution < 1.29 is 14.3 Å². The zero-order valence-corrected chi connectivity index (χ0v) is 16.3. The molecule has 30 heavy (non-hydrogen) atoms. The van der Waals surface area contributed by atoms with Crippen molar-refractivity contribution in [2.75, 3.05) is 5.32 Å². The van der Waals surface area contributed by atoms with E-state index in [1.54, 1.807) is 41.9 Å². The molecule has 0 fully saturated rings. The average Bonchev–Trinajstić information content (AvgIpc) is 3.04. The fraction of sp³-hybridized carbons (Fsp3) is 0.0833. The van der Waals surface area contributed by atoms with E-state index in [1.807, 2.05) is 30.3 Å². The first-order valence-electron chi connectivity index (χ1n) is 9.47. The topological polar surface area (TPSA) is 67.2 Å². The van der Waals surface area contributed by atoms with Gasteiger partial charge in [-0.25, -0.2) is 9.37 Å². The molecule has 6 heteroatoms. The maximum atomic E-state index is 14.0. The van der Waals surface area contributed by atoms with Crippen molar-refractivity contribution in [2.24, 2.45) is 7.05 Å². The molecule has 0 aliphatic rings. The van der Waals surface area contributed by atoms with E-state index in [-0.39, 0.29) is 11.3 Å². The van der Waals surface area contributed by atoms with Crippen LogP contribution in [0.4, 0.5) is 10.3 Å². The summed E-state index contributed by atoms with van der Waals surface area (Å²) in [6.07, 6.45) is 0.556. The van der Waals surface area contributed by atoms with Crippen LogP contribution < -0.4 is 5.32 Å². The van der Waals surface area contributed by atoms with Crippen molar-refractivity contribution >= 4 is 11.9 Å². The molecule has 0 bridgehead atoms. The number of carbonyl (C=O) groups is 1.